The fraction of sp³-hybridized carbons (Fsp3) is 0.179. The molecule has 0 fully saturated rings. The highest BCUT2D eigenvalue weighted by atomic mass is 35.5. The predicted octanol–water partition coefficient (Wildman–Crippen LogP) is 4.23. The molecule has 1 amide bonds. The number of aryl methyl sites for hydroxylation is 1. The summed E-state index contributed by atoms with van der Waals surface area (Å²) in [5.41, 5.74) is 1.63. The molecule has 10 nitrogen and oxygen atoms in total. The van der Waals surface area contributed by atoms with Crippen LogP contribution in [0.1, 0.15) is 39.4 Å². The van der Waals surface area contributed by atoms with Gasteiger partial charge in [-0.25, -0.2) is 4.79 Å². The summed E-state index contributed by atoms with van der Waals surface area (Å²) >= 11 is 6.20. The number of hydrogen-bond donors (Lipinski definition) is 2. The number of nitrogens with zero attached hydrogens (tertiary/aromatic N) is 3. The Morgan fingerprint density at radius 3 is 2.38 bits per heavy atom. The molecule has 2 N–H and O–H groups in total. The van der Waals surface area contributed by atoms with Crippen molar-refractivity contribution >= 4 is 34.9 Å². The van der Waals surface area contributed by atoms with E-state index in [9.17, 15) is 19.2 Å². The number of ether oxygens (including phenoxy) is 1. The molecule has 0 unspecified atom stereocenters. The van der Waals surface area contributed by atoms with E-state index in [2.05, 4.69) is 10.4 Å². The van der Waals surface area contributed by atoms with E-state index in [4.69, 9.17) is 21.4 Å². The Labute approximate surface area is 228 Å². The first-order valence-electron chi connectivity index (χ1n) is 11.8. The van der Waals surface area contributed by atoms with Gasteiger partial charge in [0.15, 0.2) is 5.78 Å². The van der Waals surface area contributed by atoms with E-state index in [0.29, 0.717) is 33.1 Å². The van der Waals surface area contributed by atoms with Crippen LogP contribution >= 0.6 is 11.6 Å². The molecule has 4 aromatic rings. The van der Waals surface area contributed by atoms with Gasteiger partial charge in [0.1, 0.15) is 11.8 Å². The maximum atomic E-state index is 13.5. The largest absolute Gasteiger partial charge is 0.495 e. The number of halogens is 1. The second-order valence-electron chi connectivity index (χ2n) is 8.82. The second kappa shape index (κ2) is 11.4. The van der Waals surface area contributed by atoms with Gasteiger partial charge in [0.05, 0.1) is 24.6 Å². The summed E-state index contributed by atoms with van der Waals surface area (Å²) in [4.78, 5) is 50.4. The van der Waals surface area contributed by atoms with Gasteiger partial charge in [-0.3, -0.25) is 23.6 Å². The zero-order valence-corrected chi connectivity index (χ0v) is 22.1. The van der Waals surface area contributed by atoms with Gasteiger partial charge in [-0.05, 0) is 61.0 Å². The molecular weight excluding hydrogens is 524 g/mol. The number of methoxy groups -OCH3 is 1. The van der Waals surface area contributed by atoms with Crippen LogP contribution in [-0.2, 0) is 18.3 Å². The van der Waals surface area contributed by atoms with Crippen LogP contribution in [0, 0.1) is 0 Å². The quantitative estimate of drug-likeness (QED) is 0.299. The highest BCUT2D eigenvalue weighted by Gasteiger charge is 2.26. The summed E-state index contributed by atoms with van der Waals surface area (Å²) in [6, 6.07) is 12.4. The van der Waals surface area contributed by atoms with E-state index in [-0.39, 0.29) is 23.5 Å². The third-order valence-electron chi connectivity index (χ3n) is 6.12. The molecule has 2 aromatic heterocycles. The SMILES string of the molecule is COc1cn([C@@H](Cc2ccn(C)n2)C(=O)Nc2ccc(C(=O)O)cc2)c(=O)cc1-c1cc(Cl)ccc1C(C)=O. The van der Waals surface area contributed by atoms with Gasteiger partial charge in [-0.1, -0.05) is 11.6 Å². The smallest absolute Gasteiger partial charge is 0.335 e. The molecule has 39 heavy (non-hydrogen) atoms. The van der Waals surface area contributed by atoms with E-state index in [0.717, 1.165) is 0 Å². The number of amides is 1. The third kappa shape index (κ3) is 6.07. The van der Waals surface area contributed by atoms with E-state index >= 15 is 0 Å². The molecule has 2 heterocycles. The Kier molecular flexibility index (Phi) is 7.96. The van der Waals surface area contributed by atoms with Crippen LogP contribution in [-0.4, -0.2) is 44.2 Å². The van der Waals surface area contributed by atoms with Crippen molar-refractivity contribution in [1.29, 1.82) is 0 Å². The average Bonchev–Trinajstić information content (AvgIpc) is 3.31. The minimum atomic E-state index is -1.09. The van der Waals surface area contributed by atoms with E-state index in [1.807, 2.05) is 0 Å². The van der Waals surface area contributed by atoms with Crippen molar-refractivity contribution in [2.24, 2.45) is 7.05 Å². The lowest BCUT2D eigenvalue weighted by molar-refractivity contribution is -0.119. The summed E-state index contributed by atoms with van der Waals surface area (Å²) in [6.07, 6.45) is 3.23. The van der Waals surface area contributed by atoms with Gasteiger partial charge in [0.25, 0.3) is 5.56 Å². The minimum Gasteiger partial charge on any atom is -0.495 e. The number of benzene rings is 2. The van der Waals surface area contributed by atoms with Gasteiger partial charge < -0.3 is 15.2 Å². The standard InChI is InChI=1S/C28H25ClN4O6/c1-16(34)21-9-6-18(29)12-22(21)23-14-26(35)33(15-25(23)39-3)24(13-20-10-11-32(2)31-20)27(36)30-19-7-4-17(5-8-19)28(37)38/h4-12,14-15,24H,13H2,1-3H3,(H,30,36)(H,37,38)/t24-/m0/s1. The van der Waals surface area contributed by atoms with Crippen molar-refractivity contribution in [3.63, 3.8) is 0 Å². The number of nitrogens with one attached hydrogen (secondary N) is 1. The van der Waals surface area contributed by atoms with Crippen molar-refractivity contribution in [1.82, 2.24) is 14.3 Å². The highest BCUT2D eigenvalue weighted by Crippen LogP contribution is 2.34. The number of carboxylic acid groups (broad SMARTS) is 1. The summed E-state index contributed by atoms with van der Waals surface area (Å²) in [5.74, 6) is -1.57. The number of carbonyl (C=O) groups excluding carboxylic acids is 2. The summed E-state index contributed by atoms with van der Waals surface area (Å²) in [5, 5.41) is 16.6. The van der Waals surface area contributed by atoms with Crippen molar-refractivity contribution in [2.75, 3.05) is 12.4 Å². The minimum absolute atomic E-state index is 0.0699. The first-order chi connectivity index (χ1) is 18.6. The first kappa shape index (κ1) is 27.3. The Bertz CT molecular complexity index is 1620. The number of hydrogen-bond acceptors (Lipinski definition) is 6. The second-order valence-corrected chi connectivity index (χ2v) is 9.26. The van der Waals surface area contributed by atoms with E-state index < -0.39 is 23.5 Å². The maximum Gasteiger partial charge on any atom is 0.335 e. The molecule has 0 aliphatic heterocycles. The van der Waals surface area contributed by atoms with Crippen LogP contribution in [0.2, 0.25) is 5.02 Å². The zero-order valence-electron chi connectivity index (χ0n) is 21.3. The van der Waals surface area contributed by atoms with E-state index in [1.165, 1.54) is 55.1 Å². The van der Waals surface area contributed by atoms with Gasteiger partial charge in [0, 0.05) is 47.6 Å². The summed E-state index contributed by atoms with van der Waals surface area (Å²) < 4.78 is 8.42. The molecule has 0 saturated carbocycles. The van der Waals surface area contributed by atoms with Gasteiger partial charge in [-0.2, -0.15) is 5.10 Å². The molecule has 1 atom stereocenters. The lowest BCUT2D eigenvalue weighted by atomic mass is 9.97. The first-order valence-corrected chi connectivity index (χ1v) is 12.2. The molecule has 11 heteroatoms. The molecule has 0 aliphatic carbocycles. The lowest BCUT2D eigenvalue weighted by Crippen LogP contribution is -2.34. The molecule has 0 radical (unpaired) electrons. The number of aromatic carboxylic acids is 1. The molecule has 4 rings (SSSR count). The predicted molar refractivity (Wildman–Crippen MR) is 146 cm³/mol. The third-order valence-corrected chi connectivity index (χ3v) is 6.36. The number of aromatic nitrogens is 3. The highest BCUT2D eigenvalue weighted by molar-refractivity contribution is 6.31. The van der Waals surface area contributed by atoms with E-state index in [1.54, 1.807) is 42.2 Å². The van der Waals surface area contributed by atoms with Gasteiger partial charge >= 0.3 is 5.97 Å². The number of pyridine rings is 1. The monoisotopic (exact) mass is 548 g/mol. The molecule has 200 valence electrons. The zero-order chi connectivity index (χ0) is 28.3. The topological polar surface area (TPSA) is 133 Å². The molecule has 0 bridgehead atoms. The fourth-order valence-electron chi connectivity index (χ4n) is 4.20. The lowest BCUT2D eigenvalue weighted by Gasteiger charge is -2.21. The number of ketones is 1. The fourth-order valence-corrected chi connectivity index (χ4v) is 4.37. The van der Waals surface area contributed by atoms with Crippen molar-refractivity contribution < 1.29 is 24.2 Å². The Morgan fingerprint density at radius 1 is 1.08 bits per heavy atom. The number of rotatable bonds is 9. The maximum absolute atomic E-state index is 13.5. The number of carboxylic acids is 1. The van der Waals surface area contributed by atoms with Crippen LogP contribution in [0.4, 0.5) is 5.69 Å². The van der Waals surface area contributed by atoms with Crippen molar-refractivity contribution in [2.45, 2.75) is 19.4 Å². The number of Topliss-reactive ketones (excluding diaryl/α,β-unsaturated/α-hetero) is 1. The van der Waals surface area contributed by atoms with Crippen LogP contribution in [0.5, 0.6) is 5.75 Å². The van der Waals surface area contributed by atoms with Crippen LogP contribution in [0.15, 0.2) is 71.8 Å². The molecular formula is C28H25ClN4O6. The average molecular weight is 549 g/mol. The van der Waals surface area contributed by atoms with Crippen LogP contribution in [0.25, 0.3) is 11.1 Å². The summed E-state index contributed by atoms with van der Waals surface area (Å²) in [6.45, 7) is 1.41. The molecule has 0 saturated heterocycles. The molecule has 0 aliphatic rings. The number of anilines is 1. The summed E-state index contributed by atoms with van der Waals surface area (Å²) in [7, 11) is 3.16. The van der Waals surface area contributed by atoms with Crippen molar-refractivity contribution in [3.8, 4) is 16.9 Å². The van der Waals surface area contributed by atoms with Crippen LogP contribution < -0.4 is 15.6 Å². The van der Waals surface area contributed by atoms with Crippen LogP contribution in [0.3, 0.4) is 0 Å². The normalized spacial score (nSPS) is 11.6. The Morgan fingerprint density at radius 2 is 1.79 bits per heavy atom. The van der Waals surface area contributed by atoms with Crippen molar-refractivity contribution in [3.05, 3.63) is 99.2 Å². The number of carbonyl (C=O) groups is 3. The Hall–Kier alpha value is -4.70. The molecule has 2 aromatic carbocycles. The van der Waals surface area contributed by atoms with Gasteiger partial charge in [-0.15, -0.1) is 0 Å². The van der Waals surface area contributed by atoms with Gasteiger partial charge in [0.2, 0.25) is 5.91 Å². The molecule has 0 spiro atoms. The Balaban J connectivity index is 1.79.